The Labute approximate surface area is 384 Å². The maximum absolute atomic E-state index is 5.66. The van der Waals surface area contributed by atoms with Gasteiger partial charge in [0, 0.05) is 16.6 Å². The first-order chi connectivity index (χ1) is 31.3. The van der Waals surface area contributed by atoms with E-state index >= 15 is 0 Å². The number of fused-ring (bicyclic) bond motifs is 7. The first-order valence-electron chi connectivity index (χ1n) is 25.4. The maximum Gasteiger partial charge on any atom is 0.169 e. The molecule has 3 saturated carbocycles. The van der Waals surface area contributed by atoms with Crippen LogP contribution in [0, 0.1) is 28.1 Å². The van der Waals surface area contributed by atoms with Crippen LogP contribution < -0.4 is 5.32 Å². The molecule has 0 radical (unpaired) electrons. The van der Waals surface area contributed by atoms with E-state index in [-0.39, 0.29) is 22.4 Å². The van der Waals surface area contributed by atoms with Gasteiger partial charge in [-0.2, -0.15) is 0 Å². The average Bonchev–Trinajstić information content (AvgIpc) is 4.18. The normalized spacial score (nSPS) is 29.6. The van der Waals surface area contributed by atoms with E-state index in [4.69, 9.17) is 9.98 Å². The SMILES string of the molecule is CC1(C2=CCC=C3C(=C2)Cc2ccccc2C2=C(C4=NC(C5=CC6CC6C=C5)N=C(c5ccccc5)N4)C=CCCC2(C)C2=C3C=CC(C3(C)CCCCCC3)=CC2)CCCCCC1. The summed E-state index contributed by atoms with van der Waals surface area (Å²) in [6.45, 7) is 7.77. The summed E-state index contributed by atoms with van der Waals surface area (Å²) < 4.78 is 0. The molecule has 2 aromatic carbocycles. The van der Waals surface area contributed by atoms with Crippen LogP contribution in [-0.4, -0.2) is 17.8 Å². The molecule has 3 nitrogen and oxygen atoms in total. The van der Waals surface area contributed by atoms with Crippen LogP contribution in [0.4, 0.5) is 0 Å². The van der Waals surface area contributed by atoms with Crippen molar-refractivity contribution in [2.24, 2.45) is 38.1 Å². The standard InChI is InChI=1S/C61H69N3/c1-59(33-14-4-5-15-34-59)48-29-31-52-50-26-19-23-49(60(2)35-16-6-7-17-36-60)41-47(50)39-44-22-11-12-24-51(44)55-53(25-13-18-37-61(55,3)54(52)32-30-48)58-63-56(42-20-9-8-10-21-42)62-57(64-58)45-28-27-43-38-46(43)40-45/h8-13,20-31,40-41,43,46,57H,4-7,14-19,32-39H2,1-3H3,(H,62,63,64). The van der Waals surface area contributed by atoms with Gasteiger partial charge in [-0.25, -0.2) is 9.98 Å². The number of allylic oxidation sites excluding steroid dienone is 16. The fraction of sp³-hybridized carbons (Fsp3) is 0.443. The monoisotopic (exact) mass is 844 g/mol. The lowest BCUT2D eigenvalue weighted by molar-refractivity contribution is 0.349. The van der Waals surface area contributed by atoms with E-state index in [2.05, 4.69) is 148 Å². The molecule has 3 fully saturated rings. The van der Waals surface area contributed by atoms with Crippen LogP contribution in [-0.2, 0) is 6.42 Å². The molecule has 11 rings (SSSR count). The number of hydrogen-bond donors (Lipinski definition) is 1. The predicted octanol–water partition coefficient (Wildman–Crippen LogP) is 15.3. The Morgan fingerprint density at radius 3 is 2.12 bits per heavy atom. The summed E-state index contributed by atoms with van der Waals surface area (Å²) in [4.78, 5) is 11.0. The minimum atomic E-state index is -0.300. The van der Waals surface area contributed by atoms with Gasteiger partial charge in [-0.05, 0) is 143 Å². The summed E-state index contributed by atoms with van der Waals surface area (Å²) in [7, 11) is 0. The zero-order valence-corrected chi connectivity index (χ0v) is 38.9. The van der Waals surface area contributed by atoms with Gasteiger partial charge in [0.15, 0.2) is 6.17 Å². The number of nitrogens with one attached hydrogen (secondary N) is 1. The van der Waals surface area contributed by atoms with E-state index in [1.165, 1.54) is 128 Å². The molecule has 8 aliphatic carbocycles. The van der Waals surface area contributed by atoms with Gasteiger partial charge in [-0.15, -0.1) is 0 Å². The van der Waals surface area contributed by atoms with Crippen LogP contribution in [0.3, 0.4) is 0 Å². The molecule has 0 saturated heterocycles. The lowest BCUT2D eigenvalue weighted by Gasteiger charge is -2.38. The molecule has 9 aliphatic rings. The molecule has 328 valence electrons. The van der Waals surface area contributed by atoms with Crippen LogP contribution in [0.5, 0.6) is 0 Å². The van der Waals surface area contributed by atoms with Crippen LogP contribution >= 0.6 is 0 Å². The highest BCUT2D eigenvalue weighted by atomic mass is 15.2. The van der Waals surface area contributed by atoms with Crippen molar-refractivity contribution in [2.45, 2.75) is 143 Å². The van der Waals surface area contributed by atoms with E-state index in [9.17, 15) is 0 Å². The van der Waals surface area contributed by atoms with Gasteiger partial charge >= 0.3 is 0 Å². The predicted molar refractivity (Wildman–Crippen MR) is 269 cm³/mol. The molecule has 4 unspecified atom stereocenters. The topological polar surface area (TPSA) is 36.8 Å². The lowest BCUT2D eigenvalue weighted by atomic mass is 9.65. The van der Waals surface area contributed by atoms with Gasteiger partial charge in [0.05, 0.1) is 0 Å². The van der Waals surface area contributed by atoms with Crippen LogP contribution in [0.15, 0.2) is 176 Å². The van der Waals surface area contributed by atoms with Crippen molar-refractivity contribution in [1.82, 2.24) is 5.32 Å². The Bertz CT molecular complexity index is 2570. The molecule has 0 bridgehead atoms. The second kappa shape index (κ2) is 17.1. The highest BCUT2D eigenvalue weighted by molar-refractivity contribution is 6.20. The molecular weight excluding hydrogens is 775 g/mol. The molecule has 1 heterocycles. The Kier molecular flexibility index (Phi) is 11.1. The summed E-state index contributed by atoms with van der Waals surface area (Å²) in [5, 5.41) is 3.91. The van der Waals surface area contributed by atoms with Crippen molar-refractivity contribution in [3.63, 3.8) is 0 Å². The third kappa shape index (κ3) is 7.83. The molecule has 0 amide bonds. The summed E-state index contributed by atoms with van der Waals surface area (Å²) in [6.07, 6.45) is 49.6. The average molecular weight is 844 g/mol. The minimum Gasteiger partial charge on any atom is -0.324 e. The van der Waals surface area contributed by atoms with Gasteiger partial charge in [-0.1, -0.05) is 194 Å². The number of benzene rings is 2. The van der Waals surface area contributed by atoms with Crippen LogP contribution in [0.1, 0.15) is 147 Å². The van der Waals surface area contributed by atoms with Crippen LogP contribution in [0.2, 0.25) is 0 Å². The highest BCUT2D eigenvalue weighted by Gasteiger charge is 2.43. The number of nitrogens with zero attached hydrogens (tertiary/aromatic N) is 2. The zero-order valence-electron chi connectivity index (χ0n) is 38.9. The molecule has 0 aromatic heterocycles. The van der Waals surface area contributed by atoms with Crippen molar-refractivity contribution in [3.8, 4) is 0 Å². The molecule has 64 heavy (non-hydrogen) atoms. The number of aliphatic imine (C=N–C) groups is 2. The summed E-state index contributed by atoms with van der Waals surface area (Å²) >= 11 is 0. The van der Waals surface area contributed by atoms with E-state index in [0.29, 0.717) is 11.8 Å². The minimum absolute atomic E-state index is 0.206. The number of hydrogen-bond acceptors (Lipinski definition) is 3. The first-order valence-corrected chi connectivity index (χ1v) is 25.4. The number of rotatable bonds is 5. The third-order valence-corrected chi connectivity index (χ3v) is 17.1. The summed E-state index contributed by atoms with van der Waals surface area (Å²) in [5.41, 5.74) is 17.0. The Hall–Kier alpha value is -5.02. The molecule has 1 aliphatic heterocycles. The Morgan fingerprint density at radius 2 is 1.36 bits per heavy atom. The van der Waals surface area contributed by atoms with Crippen molar-refractivity contribution in [2.75, 3.05) is 0 Å². The van der Waals surface area contributed by atoms with E-state index in [1.54, 1.807) is 16.7 Å². The molecular formula is C61H69N3. The van der Waals surface area contributed by atoms with E-state index in [0.717, 1.165) is 49.3 Å². The fourth-order valence-corrected chi connectivity index (χ4v) is 13.1. The largest absolute Gasteiger partial charge is 0.324 e. The summed E-state index contributed by atoms with van der Waals surface area (Å²) in [6, 6.07) is 20.2. The van der Waals surface area contributed by atoms with Gasteiger partial charge in [-0.3, -0.25) is 0 Å². The van der Waals surface area contributed by atoms with Gasteiger partial charge in [0.1, 0.15) is 11.7 Å². The second-order valence-corrected chi connectivity index (χ2v) is 21.5. The third-order valence-electron chi connectivity index (χ3n) is 17.1. The van der Waals surface area contributed by atoms with Gasteiger partial charge in [0.2, 0.25) is 0 Å². The lowest BCUT2D eigenvalue weighted by Crippen LogP contribution is -2.39. The summed E-state index contributed by atoms with van der Waals surface area (Å²) in [5.74, 6) is 3.15. The molecule has 0 spiro atoms. The first kappa shape index (κ1) is 41.7. The Balaban J connectivity index is 1.13. The van der Waals surface area contributed by atoms with Crippen molar-refractivity contribution < 1.29 is 0 Å². The smallest absolute Gasteiger partial charge is 0.169 e. The van der Waals surface area contributed by atoms with Crippen LogP contribution in [0.25, 0.3) is 5.57 Å². The molecule has 2 aromatic rings. The van der Waals surface area contributed by atoms with Gasteiger partial charge < -0.3 is 5.32 Å². The quantitative estimate of drug-likeness (QED) is 0.299. The van der Waals surface area contributed by atoms with E-state index in [1.807, 2.05) is 0 Å². The molecule has 3 heteroatoms. The number of amidine groups is 2. The van der Waals surface area contributed by atoms with Gasteiger partial charge in [0.25, 0.3) is 0 Å². The molecule has 4 atom stereocenters. The van der Waals surface area contributed by atoms with Crippen molar-refractivity contribution >= 4 is 17.2 Å². The van der Waals surface area contributed by atoms with Crippen molar-refractivity contribution in [3.05, 3.63) is 183 Å². The Morgan fingerprint density at radius 1 is 0.641 bits per heavy atom. The van der Waals surface area contributed by atoms with Crippen molar-refractivity contribution in [1.29, 1.82) is 0 Å². The molecule has 1 N–H and O–H groups in total. The highest BCUT2D eigenvalue weighted by Crippen LogP contribution is 2.56. The second-order valence-electron chi connectivity index (χ2n) is 21.5. The zero-order chi connectivity index (χ0) is 43.3. The maximum atomic E-state index is 5.66. The fourth-order valence-electron chi connectivity index (χ4n) is 13.1. The van der Waals surface area contributed by atoms with E-state index < -0.39 is 0 Å².